The van der Waals surface area contributed by atoms with Crippen molar-refractivity contribution >= 4 is 11.8 Å². The lowest BCUT2D eigenvalue weighted by molar-refractivity contribution is -0.870. The summed E-state index contributed by atoms with van der Waals surface area (Å²) in [6.45, 7) is 6.09. The van der Waals surface area contributed by atoms with E-state index in [2.05, 4.69) is 59.3 Å². The first-order valence-corrected chi connectivity index (χ1v) is 20.3. The zero-order valence-corrected chi connectivity index (χ0v) is 33.1. The van der Waals surface area contributed by atoms with Crippen molar-refractivity contribution in [1.82, 2.24) is 4.90 Å². The molecule has 0 atom stereocenters. The van der Waals surface area contributed by atoms with E-state index in [1.807, 2.05) is 0 Å². The van der Waals surface area contributed by atoms with Gasteiger partial charge in [-0.15, -0.1) is 0 Å². The third-order valence-electron chi connectivity index (χ3n) is 9.12. The predicted octanol–water partition coefficient (Wildman–Crippen LogP) is 9.52. The molecule has 0 aliphatic rings. The van der Waals surface area contributed by atoms with E-state index in [0.29, 0.717) is 19.4 Å². The van der Waals surface area contributed by atoms with Gasteiger partial charge in [-0.3, -0.25) is 14.5 Å². The number of amides is 2. The molecule has 0 spiro atoms. The lowest BCUT2D eigenvalue weighted by atomic mass is 10.1. The van der Waals surface area contributed by atoms with Crippen molar-refractivity contribution < 1.29 is 26.5 Å². The van der Waals surface area contributed by atoms with Crippen LogP contribution >= 0.6 is 0 Å². The summed E-state index contributed by atoms with van der Waals surface area (Å²) in [7, 11) is 6.51. The monoisotopic (exact) mass is 681 g/mol. The summed E-state index contributed by atoms with van der Waals surface area (Å²) < 4.78 is 0.860. The Kier molecular flexibility index (Phi) is 36.9. The minimum Gasteiger partial charge on any atom is -1.00 e. The molecule has 0 saturated carbocycles. The molecule has 0 unspecified atom stereocenters. The van der Waals surface area contributed by atoms with Crippen molar-refractivity contribution in [3.63, 3.8) is 0 Å². The molecular weight excluding hydrogens is 600 g/mol. The fourth-order valence-corrected chi connectivity index (χ4v) is 6.06. The highest BCUT2D eigenvalue weighted by atomic mass is 35.5. The number of quaternary nitrogens is 1. The first kappa shape index (κ1) is 48.0. The summed E-state index contributed by atoms with van der Waals surface area (Å²) >= 11 is 0. The summed E-state index contributed by atoms with van der Waals surface area (Å²) in [5, 5.41) is 0. The van der Waals surface area contributed by atoms with Crippen LogP contribution in [0.15, 0.2) is 24.3 Å². The number of hydrogen-bond donors (Lipinski definition) is 0. The first-order chi connectivity index (χ1) is 22.3. The molecule has 0 heterocycles. The van der Waals surface area contributed by atoms with E-state index in [1.165, 1.54) is 141 Å². The van der Waals surface area contributed by atoms with Crippen molar-refractivity contribution in [1.29, 1.82) is 0 Å². The minimum atomic E-state index is 0. The quantitative estimate of drug-likeness (QED) is 0.0386. The molecule has 0 fully saturated rings. The van der Waals surface area contributed by atoms with Crippen LogP contribution in [0.1, 0.15) is 200 Å². The molecule has 278 valence electrons. The van der Waals surface area contributed by atoms with Gasteiger partial charge in [0.2, 0.25) is 11.8 Å². The van der Waals surface area contributed by atoms with E-state index in [-0.39, 0.29) is 24.2 Å². The van der Waals surface area contributed by atoms with Crippen molar-refractivity contribution in [3.05, 3.63) is 24.3 Å². The summed E-state index contributed by atoms with van der Waals surface area (Å²) in [6.07, 6.45) is 43.9. The van der Waals surface area contributed by atoms with Gasteiger partial charge in [0.15, 0.2) is 0 Å². The van der Waals surface area contributed by atoms with E-state index in [0.717, 1.165) is 43.1 Å². The highest BCUT2D eigenvalue weighted by Gasteiger charge is 2.21. The zero-order valence-electron chi connectivity index (χ0n) is 32.3. The molecule has 0 N–H and O–H groups in total. The third-order valence-corrected chi connectivity index (χ3v) is 9.12. The number of carbonyl (C=O) groups is 2. The standard InChI is InChI=1S/C42H81N2O2.ClH/c1-6-8-10-12-14-16-18-20-22-24-26-28-30-32-34-37-41(45)43(39-36-40-44(3,4)5)42(46)38-35-33-31-29-27-25-23-21-19-17-15-13-11-9-7-2;/h20-23H,6-19,24-40H2,1-5H3;1H/q+1;/p-1. The van der Waals surface area contributed by atoms with Crippen LogP contribution in [0.3, 0.4) is 0 Å². The summed E-state index contributed by atoms with van der Waals surface area (Å²) in [5.41, 5.74) is 0. The van der Waals surface area contributed by atoms with Gasteiger partial charge in [-0.2, -0.15) is 0 Å². The highest BCUT2D eigenvalue weighted by Crippen LogP contribution is 2.14. The van der Waals surface area contributed by atoms with Gasteiger partial charge in [0.05, 0.1) is 27.7 Å². The highest BCUT2D eigenvalue weighted by molar-refractivity contribution is 5.95. The number of imide groups is 1. The first-order valence-electron chi connectivity index (χ1n) is 20.3. The van der Waals surface area contributed by atoms with Crippen molar-refractivity contribution in [2.75, 3.05) is 34.2 Å². The number of rotatable bonds is 34. The lowest BCUT2D eigenvalue weighted by Gasteiger charge is -2.26. The summed E-state index contributed by atoms with van der Waals surface area (Å²) in [4.78, 5) is 27.8. The Morgan fingerprint density at radius 1 is 0.447 bits per heavy atom. The van der Waals surface area contributed by atoms with E-state index < -0.39 is 0 Å². The molecule has 0 aliphatic heterocycles. The second kappa shape index (κ2) is 36.2. The fraction of sp³-hybridized carbons (Fsp3) is 0.857. The van der Waals surface area contributed by atoms with Gasteiger partial charge in [0.1, 0.15) is 0 Å². The third kappa shape index (κ3) is 36.0. The molecule has 0 aromatic carbocycles. The van der Waals surface area contributed by atoms with Crippen molar-refractivity contribution in [2.45, 2.75) is 200 Å². The van der Waals surface area contributed by atoms with Crippen LogP contribution in [0, 0.1) is 0 Å². The van der Waals surface area contributed by atoms with E-state index >= 15 is 0 Å². The van der Waals surface area contributed by atoms with Gasteiger partial charge in [-0.05, 0) is 64.2 Å². The second-order valence-electron chi connectivity index (χ2n) is 15.0. The SMILES string of the molecule is CCCCCCCCC=CCCCCCCCC(=O)N(CCC[N+](C)(C)C)C(=O)CCCCCCCC=CCCCCCCCC.[Cl-]. The van der Waals surface area contributed by atoms with E-state index in [1.54, 1.807) is 4.90 Å². The largest absolute Gasteiger partial charge is 1.00 e. The second-order valence-corrected chi connectivity index (χ2v) is 15.0. The number of nitrogens with zero attached hydrogens (tertiary/aromatic N) is 2. The van der Waals surface area contributed by atoms with Crippen LogP contribution in [0.5, 0.6) is 0 Å². The van der Waals surface area contributed by atoms with Crippen LogP contribution < -0.4 is 12.4 Å². The fourth-order valence-electron chi connectivity index (χ4n) is 6.06. The van der Waals surface area contributed by atoms with Crippen molar-refractivity contribution in [2.24, 2.45) is 0 Å². The van der Waals surface area contributed by atoms with Crippen molar-refractivity contribution in [3.8, 4) is 0 Å². The van der Waals surface area contributed by atoms with Gasteiger partial charge >= 0.3 is 0 Å². The maximum absolute atomic E-state index is 13.1. The Hall–Kier alpha value is -1.13. The van der Waals surface area contributed by atoms with E-state index in [4.69, 9.17) is 0 Å². The van der Waals surface area contributed by atoms with Gasteiger partial charge < -0.3 is 16.9 Å². The topological polar surface area (TPSA) is 37.4 Å². The number of hydrogen-bond acceptors (Lipinski definition) is 2. The average Bonchev–Trinajstić information content (AvgIpc) is 3.02. The molecule has 0 aromatic rings. The minimum absolute atomic E-state index is 0. The van der Waals surface area contributed by atoms with Crippen LogP contribution in [0.25, 0.3) is 0 Å². The lowest BCUT2D eigenvalue weighted by Crippen LogP contribution is -3.00. The molecule has 4 nitrogen and oxygen atoms in total. The summed E-state index contributed by atoms with van der Waals surface area (Å²) in [6, 6.07) is 0. The zero-order chi connectivity index (χ0) is 34.0. The molecule has 0 rings (SSSR count). The smallest absolute Gasteiger partial charge is 0.229 e. The number of unbranched alkanes of at least 4 members (excludes halogenated alkanes) is 22. The molecule has 0 saturated heterocycles. The number of carbonyl (C=O) groups excluding carboxylic acids is 2. The number of halogens is 1. The maximum atomic E-state index is 13.1. The molecule has 0 radical (unpaired) electrons. The Balaban J connectivity index is 0. The van der Waals surface area contributed by atoms with Crippen LogP contribution in [-0.4, -0.2) is 55.4 Å². The average molecular weight is 682 g/mol. The molecule has 0 aromatic heterocycles. The van der Waals surface area contributed by atoms with Crippen LogP contribution in [0.2, 0.25) is 0 Å². The van der Waals surface area contributed by atoms with Crippen LogP contribution in [0.4, 0.5) is 0 Å². The Bertz CT molecular complexity index is 691. The van der Waals surface area contributed by atoms with Gasteiger partial charge in [-0.25, -0.2) is 0 Å². The molecular formula is C42H81ClN2O2. The molecule has 5 heteroatoms. The van der Waals surface area contributed by atoms with E-state index in [9.17, 15) is 9.59 Å². The molecule has 2 amide bonds. The van der Waals surface area contributed by atoms with Gasteiger partial charge in [0, 0.05) is 25.8 Å². The number of allylic oxidation sites excluding steroid dienone is 4. The van der Waals surface area contributed by atoms with Crippen LogP contribution in [-0.2, 0) is 9.59 Å². The molecule has 47 heavy (non-hydrogen) atoms. The van der Waals surface area contributed by atoms with Gasteiger partial charge in [0.25, 0.3) is 0 Å². The Morgan fingerprint density at radius 2 is 0.745 bits per heavy atom. The summed E-state index contributed by atoms with van der Waals surface area (Å²) in [5.74, 6) is 0.105. The molecule has 0 bridgehead atoms. The predicted molar refractivity (Wildman–Crippen MR) is 203 cm³/mol. The maximum Gasteiger partial charge on any atom is 0.229 e. The Morgan fingerprint density at radius 3 is 1.06 bits per heavy atom. The Labute approximate surface area is 301 Å². The molecule has 0 aliphatic carbocycles. The van der Waals surface area contributed by atoms with Gasteiger partial charge in [-0.1, -0.05) is 141 Å². The normalized spacial score (nSPS) is 11.9.